The van der Waals surface area contributed by atoms with E-state index >= 15 is 0 Å². The first-order valence-corrected chi connectivity index (χ1v) is 8.08. The molecule has 7 nitrogen and oxygen atoms in total. The lowest BCUT2D eigenvalue weighted by Gasteiger charge is -2.23. The Morgan fingerprint density at radius 2 is 2.12 bits per heavy atom. The summed E-state index contributed by atoms with van der Waals surface area (Å²) in [6.07, 6.45) is 0.274. The fourth-order valence-corrected chi connectivity index (χ4v) is 2.40. The Balaban J connectivity index is 2.32. The minimum atomic E-state index is -2.89. The third-order valence-corrected chi connectivity index (χ3v) is 3.59. The van der Waals surface area contributed by atoms with E-state index in [4.69, 9.17) is 16.3 Å². The number of hydrogen-bond acceptors (Lipinski definition) is 5. The highest BCUT2D eigenvalue weighted by molar-refractivity contribution is 6.33. The molecule has 1 heterocycles. The molecule has 142 valence electrons. The van der Waals surface area contributed by atoms with E-state index < -0.39 is 30.9 Å². The zero-order valence-corrected chi connectivity index (χ0v) is 15.2. The van der Waals surface area contributed by atoms with Crippen molar-refractivity contribution < 1.29 is 23.4 Å². The number of alkyl halides is 2. The molecule has 2 rings (SSSR count). The van der Waals surface area contributed by atoms with Crippen LogP contribution in [0, 0.1) is 0 Å². The number of hydrogen-bond donors (Lipinski definition) is 2. The van der Waals surface area contributed by atoms with Gasteiger partial charge in [0.2, 0.25) is 0 Å². The van der Waals surface area contributed by atoms with Gasteiger partial charge in [0.25, 0.3) is 0 Å². The number of carbonyl (C=O) groups excluding carboxylic acids is 1. The van der Waals surface area contributed by atoms with E-state index in [-0.39, 0.29) is 16.4 Å². The van der Waals surface area contributed by atoms with Crippen molar-refractivity contribution in [1.29, 1.82) is 0 Å². The van der Waals surface area contributed by atoms with Crippen LogP contribution in [0.1, 0.15) is 38.9 Å². The van der Waals surface area contributed by atoms with E-state index in [2.05, 4.69) is 15.4 Å². The van der Waals surface area contributed by atoms with Crippen molar-refractivity contribution in [2.24, 2.45) is 0 Å². The van der Waals surface area contributed by atoms with E-state index in [0.717, 1.165) is 6.33 Å². The molecule has 0 saturated heterocycles. The summed E-state index contributed by atoms with van der Waals surface area (Å²) in [6.45, 7) is 1.80. The monoisotopic (exact) mass is 388 g/mol. The Bertz CT molecular complexity index is 777. The van der Waals surface area contributed by atoms with Crippen LogP contribution >= 0.6 is 11.6 Å². The molecule has 2 N–H and O–H groups in total. The van der Waals surface area contributed by atoms with Gasteiger partial charge in [-0.15, -0.1) is 0 Å². The van der Waals surface area contributed by atoms with Crippen molar-refractivity contribution >= 4 is 17.7 Å². The fraction of sp³-hybridized carbons (Fsp3) is 0.438. The van der Waals surface area contributed by atoms with Crippen LogP contribution in [0.15, 0.2) is 24.5 Å². The first-order valence-electron chi connectivity index (χ1n) is 7.70. The Morgan fingerprint density at radius 3 is 2.69 bits per heavy atom. The molecule has 0 saturated carbocycles. The summed E-state index contributed by atoms with van der Waals surface area (Å²) in [5.41, 5.74) is -0.0591. The molecule has 10 heteroatoms. The van der Waals surface area contributed by atoms with Gasteiger partial charge in [0, 0.05) is 5.56 Å². The number of aromatic nitrogens is 3. The van der Waals surface area contributed by atoms with Crippen LogP contribution in [0.2, 0.25) is 5.02 Å². The van der Waals surface area contributed by atoms with Crippen molar-refractivity contribution in [3.63, 3.8) is 0 Å². The van der Waals surface area contributed by atoms with E-state index in [9.17, 15) is 18.7 Å². The third kappa shape index (κ3) is 4.89. The van der Waals surface area contributed by atoms with E-state index in [1.165, 1.54) is 12.1 Å². The predicted octanol–water partition coefficient (Wildman–Crippen LogP) is 3.55. The molecular weight excluding hydrogens is 370 g/mol. The molecule has 1 aromatic heterocycles. The summed E-state index contributed by atoms with van der Waals surface area (Å²) in [4.78, 5) is 15.7. The van der Waals surface area contributed by atoms with Gasteiger partial charge in [-0.2, -0.15) is 18.6 Å². The molecule has 0 unspecified atom stereocenters. The summed E-state index contributed by atoms with van der Waals surface area (Å²) in [5.74, 6) is -0.124. The number of amides is 1. The minimum Gasteiger partial charge on any atom is -0.444 e. The molecule has 26 heavy (non-hydrogen) atoms. The quantitative estimate of drug-likeness (QED) is 0.817. The lowest BCUT2D eigenvalue weighted by Crippen LogP contribution is -2.36. The minimum absolute atomic E-state index is 0.124. The second-order valence-corrected chi connectivity index (χ2v) is 6.83. The van der Waals surface area contributed by atoms with Crippen molar-refractivity contribution in [1.82, 2.24) is 20.1 Å². The predicted molar refractivity (Wildman–Crippen MR) is 90.9 cm³/mol. The van der Waals surface area contributed by atoms with Crippen LogP contribution in [-0.4, -0.2) is 38.2 Å². The number of nitrogens with zero attached hydrogens (tertiary/aromatic N) is 3. The van der Waals surface area contributed by atoms with Gasteiger partial charge in [0.05, 0.1) is 17.7 Å². The average Bonchev–Trinajstić information content (AvgIpc) is 3.01. The van der Waals surface area contributed by atoms with Gasteiger partial charge >= 0.3 is 12.6 Å². The lowest BCUT2D eigenvalue weighted by molar-refractivity contribution is 0.0481. The van der Waals surface area contributed by atoms with Crippen LogP contribution in [0.3, 0.4) is 0 Å². The third-order valence-electron chi connectivity index (χ3n) is 3.27. The maximum Gasteiger partial charge on any atom is 0.408 e. The van der Waals surface area contributed by atoms with Gasteiger partial charge in [0.1, 0.15) is 11.9 Å². The lowest BCUT2D eigenvalue weighted by atomic mass is 10.0. The molecule has 1 amide bonds. The van der Waals surface area contributed by atoms with Crippen molar-refractivity contribution in [2.75, 3.05) is 6.61 Å². The smallest absolute Gasteiger partial charge is 0.408 e. The Hall–Kier alpha value is -2.26. The average molecular weight is 389 g/mol. The molecule has 0 fully saturated rings. The Kier molecular flexibility index (Phi) is 6.14. The van der Waals surface area contributed by atoms with Gasteiger partial charge < -0.3 is 15.2 Å². The normalized spacial score (nSPS) is 12.9. The number of ether oxygens (including phenoxy) is 1. The standard InChI is InChI=1S/C16H19ClF2N4O3/c1-16(2,3)26-15(25)22-12(7-24)9-4-5-11(17)10(6-9)13-20-8-21-23(13)14(18)19/h4-6,8,12,14,24H,7H2,1-3H3,(H,22,25)/t12-/m1/s1. The van der Waals surface area contributed by atoms with E-state index in [1.54, 1.807) is 26.8 Å². The number of aliphatic hydroxyl groups excluding tert-OH is 1. The summed E-state index contributed by atoms with van der Waals surface area (Å²) in [6, 6.07) is 3.68. The second kappa shape index (κ2) is 7.96. The van der Waals surface area contributed by atoms with E-state index in [1.807, 2.05) is 0 Å². The number of carbonyl (C=O) groups is 1. The van der Waals surface area contributed by atoms with E-state index in [0.29, 0.717) is 10.2 Å². The number of rotatable bonds is 5. The van der Waals surface area contributed by atoms with Gasteiger partial charge in [-0.25, -0.2) is 9.78 Å². The Morgan fingerprint density at radius 1 is 1.42 bits per heavy atom. The number of halogens is 3. The molecule has 0 spiro atoms. The SMILES string of the molecule is CC(C)(C)OC(=O)N[C@H](CO)c1ccc(Cl)c(-c2ncnn2C(F)F)c1. The second-order valence-electron chi connectivity index (χ2n) is 6.43. The number of nitrogens with one attached hydrogen (secondary N) is 1. The van der Waals surface area contributed by atoms with Crippen molar-refractivity contribution in [2.45, 2.75) is 39.0 Å². The molecule has 1 aromatic carbocycles. The molecule has 1 atom stereocenters. The van der Waals surface area contributed by atoms with Crippen LogP contribution in [-0.2, 0) is 4.74 Å². The molecule has 0 aliphatic heterocycles. The van der Waals surface area contributed by atoms with Crippen LogP contribution in [0.25, 0.3) is 11.4 Å². The van der Waals surface area contributed by atoms with Crippen LogP contribution < -0.4 is 5.32 Å². The highest BCUT2D eigenvalue weighted by Gasteiger charge is 2.22. The van der Waals surface area contributed by atoms with Crippen LogP contribution in [0.4, 0.5) is 13.6 Å². The first kappa shape index (κ1) is 20.1. The maximum atomic E-state index is 13.0. The summed E-state index contributed by atoms with van der Waals surface area (Å²) in [5, 5.41) is 15.8. The van der Waals surface area contributed by atoms with Gasteiger partial charge in [-0.3, -0.25) is 0 Å². The summed E-state index contributed by atoms with van der Waals surface area (Å²) in [7, 11) is 0. The topological polar surface area (TPSA) is 89.3 Å². The number of aliphatic hydroxyl groups is 1. The highest BCUT2D eigenvalue weighted by atomic mass is 35.5. The zero-order chi connectivity index (χ0) is 19.5. The Labute approximate surface area is 153 Å². The molecule has 0 aliphatic rings. The zero-order valence-electron chi connectivity index (χ0n) is 14.4. The van der Waals surface area contributed by atoms with Crippen molar-refractivity contribution in [3.8, 4) is 11.4 Å². The van der Waals surface area contributed by atoms with Crippen LogP contribution in [0.5, 0.6) is 0 Å². The summed E-state index contributed by atoms with van der Waals surface area (Å²) >= 11 is 6.10. The largest absolute Gasteiger partial charge is 0.444 e. The fourth-order valence-electron chi connectivity index (χ4n) is 2.20. The number of benzene rings is 1. The van der Waals surface area contributed by atoms with Gasteiger partial charge in [0.15, 0.2) is 5.82 Å². The summed E-state index contributed by atoms with van der Waals surface area (Å²) < 4.78 is 31.7. The molecule has 0 radical (unpaired) electrons. The van der Waals surface area contributed by atoms with Crippen molar-refractivity contribution in [3.05, 3.63) is 35.1 Å². The van der Waals surface area contributed by atoms with Gasteiger partial charge in [-0.1, -0.05) is 17.7 Å². The van der Waals surface area contributed by atoms with Gasteiger partial charge in [-0.05, 0) is 38.5 Å². The molecular formula is C16H19ClF2N4O3. The molecule has 0 bridgehead atoms. The first-order chi connectivity index (χ1) is 12.1. The molecule has 2 aromatic rings. The number of alkyl carbamates (subject to hydrolysis) is 1. The maximum absolute atomic E-state index is 13.0. The molecule has 0 aliphatic carbocycles. The highest BCUT2D eigenvalue weighted by Crippen LogP contribution is 2.31.